The predicted octanol–water partition coefficient (Wildman–Crippen LogP) is 3.74. The van der Waals surface area contributed by atoms with Gasteiger partial charge in [-0.25, -0.2) is 4.98 Å². The summed E-state index contributed by atoms with van der Waals surface area (Å²) >= 11 is 1.35. The SMILES string of the molecule is CC(C)Cn1c(SCC(=O)NC(=O)c2ccccc2)nc2ccccc21. The Balaban J connectivity index is 1.69. The molecule has 0 aliphatic carbocycles. The topological polar surface area (TPSA) is 64.0 Å². The van der Waals surface area contributed by atoms with Crippen LogP contribution in [-0.4, -0.2) is 27.1 Å². The Morgan fingerprint density at radius 1 is 1.08 bits per heavy atom. The number of para-hydroxylation sites is 2. The van der Waals surface area contributed by atoms with E-state index in [1.54, 1.807) is 24.3 Å². The Labute approximate surface area is 156 Å². The van der Waals surface area contributed by atoms with Crippen LogP contribution in [0.1, 0.15) is 24.2 Å². The summed E-state index contributed by atoms with van der Waals surface area (Å²) in [5, 5.41) is 3.22. The fourth-order valence-electron chi connectivity index (χ4n) is 2.66. The normalized spacial score (nSPS) is 11.0. The van der Waals surface area contributed by atoms with Gasteiger partial charge < -0.3 is 4.57 Å². The zero-order chi connectivity index (χ0) is 18.5. The molecule has 3 aromatic rings. The van der Waals surface area contributed by atoms with E-state index in [2.05, 4.69) is 28.7 Å². The van der Waals surface area contributed by atoms with E-state index in [1.165, 1.54) is 11.8 Å². The van der Waals surface area contributed by atoms with E-state index in [1.807, 2.05) is 30.3 Å². The van der Waals surface area contributed by atoms with E-state index < -0.39 is 0 Å². The zero-order valence-electron chi connectivity index (χ0n) is 14.8. The third kappa shape index (κ3) is 4.32. The number of fused-ring (bicyclic) bond motifs is 1. The molecule has 0 aliphatic rings. The summed E-state index contributed by atoms with van der Waals surface area (Å²) in [6.07, 6.45) is 0. The summed E-state index contributed by atoms with van der Waals surface area (Å²) in [6.45, 7) is 5.12. The summed E-state index contributed by atoms with van der Waals surface area (Å²) < 4.78 is 2.14. The lowest BCUT2D eigenvalue weighted by molar-refractivity contribution is -0.117. The van der Waals surface area contributed by atoms with E-state index in [9.17, 15) is 9.59 Å². The molecule has 0 spiro atoms. The second-order valence-corrected chi connectivity index (χ2v) is 7.36. The van der Waals surface area contributed by atoms with Crippen molar-refractivity contribution in [3.63, 3.8) is 0 Å². The van der Waals surface area contributed by atoms with Crippen molar-refractivity contribution in [1.82, 2.24) is 14.9 Å². The number of imide groups is 1. The van der Waals surface area contributed by atoms with Crippen LogP contribution in [-0.2, 0) is 11.3 Å². The Hall–Kier alpha value is -2.60. The smallest absolute Gasteiger partial charge is 0.257 e. The van der Waals surface area contributed by atoms with Gasteiger partial charge >= 0.3 is 0 Å². The van der Waals surface area contributed by atoms with Gasteiger partial charge in [0.1, 0.15) is 0 Å². The molecule has 5 nitrogen and oxygen atoms in total. The van der Waals surface area contributed by atoms with E-state index in [4.69, 9.17) is 0 Å². The van der Waals surface area contributed by atoms with Crippen molar-refractivity contribution in [2.75, 3.05) is 5.75 Å². The van der Waals surface area contributed by atoms with Gasteiger partial charge in [0.15, 0.2) is 5.16 Å². The van der Waals surface area contributed by atoms with Gasteiger partial charge in [-0.2, -0.15) is 0 Å². The standard InChI is InChI=1S/C20H21N3O2S/c1-14(2)12-23-17-11-7-6-10-16(17)21-20(23)26-13-18(24)22-19(25)15-8-4-3-5-9-15/h3-11,14H,12-13H2,1-2H3,(H,22,24,25). The van der Waals surface area contributed by atoms with Crippen LogP contribution >= 0.6 is 11.8 Å². The number of nitrogens with zero attached hydrogens (tertiary/aromatic N) is 2. The molecule has 0 atom stereocenters. The number of thioether (sulfide) groups is 1. The average Bonchev–Trinajstić information content (AvgIpc) is 2.98. The molecule has 0 radical (unpaired) electrons. The summed E-state index contributed by atoms with van der Waals surface area (Å²) in [5.41, 5.74) is 2.44. The highest BCUT2D eigenvalue weighted by atomic mass is 32.2. The Morgan fingerprint density at radius 3 is 2.50 bits per heavy atom. The minimum atomic E-state index is -0.383. The molecule has 0 saturated heterocycles. The fourth-order valence-corrected chi connectivity index (χ4v) is 3.48. The Bertz CT molecular complexity index is 919. The number of hydrogen-bond acceptors (Lipinski definition) is 4. The number of nitrogens with one attached hydrogen (secondary N) is 1. The molecule has 0 bridgehead atoms. The quantitative estimate of drug-likeness (QED) is 0.674. The number of imidazole rings is 1. The maximum absolute atomic E-state index is 12.2. The first-order valence-electron chi connectivity index (χ1n) is 8.52. The molecule has 1 heterocycles. The van der Waals surface area contributed by atoms with Crippen LogP contribution in [0.3, 0.4) is 0 Å². The van der Waals surface area contributed by atoms with Crippen LogP contribution in [0.5, 0.6) is 0 Å². The van der Waals surface area contributed by atoms with Crippen molar-refractivity contribution < 1.29 is 9.59 Å². The zero-order valence-corrected chi connectivity index (χ0v) is 15.6. The number of carbonyl (C=O) groups is 2. The first kappa shape index (κ1) is 18.2. The van der Waals surface area contributed by atoms with Gasteiger partial charge in [-0.1, -0.05) is 55.9 Å². The molecule has 0 saturated carbocycles. The van der Waals surface area contributed by atoms with Gasteiger partial charge in [-0.05, 0) is 30.2 Å². The lowest BCUT2D eigenvalue weighted by atomic mass is 10.2. The number of amides is 2. The second kappa shape index (κ2) is 8.19. The minimum Gasteiger partial charge on any atom is -0.319 e. The molecular formula is C20H21N3O2S. The van der Waals surface area contributed by atoms with Gasteiger partial charge in [0.25, 0.3) is 5.91 Å². The first-order chi connectivity index (χ1) is 12.5. The molecule has 134 valence electrons. The van der Waals surface area contributed by atoms with Crippen molar-refractivity contribution in [3.05, 3.63) is 60.2 Å². The fraction of sp³-hybridized carbons (Fsp3) is 0.250. The second-order valence-electron chi connectivity index (χ2n) is 6.42. The van der Waals surface area contributed by atoms with Gasteiger partial charge in [0.2, 0.25) is 5.91 Å². The Kier molecular flexibility index (Phi) is 5.73. The van der Waals surface area contributed by atoms with E-state index in [-0.39, 0.29) is 17.6 Å². The lowest BCUT2D eigenvalue weighted by Crippen LogP contribution is -2.31. The van der Waals surface area contributed by atoms with Crippen molar-refractivity contribution in [2.45, 2.75) is 25.5 Å². The highest BCUT2D eigenvalue weighted by molar-refractivity contribution is 7.99. The molecule has 26 heavy (non-hydrogen) atoms. The van der Waals surface area contributed by atoms with Crippen LogP contribution in [0.15, 0.2) is 59.8 Å². The van der Waals surface area contributed by atoms with Gasteiger partial charge in [-0.15, -0.1) is 0 Å². The third-order valence-electron chi connectivity index (χ3n) is 3.79. The van der Waals surface area contributed by atoms with Crippen LogP contribution in [0, 0.1) is 5.92 Å². The third-order valence-corrected chi connectivity index (χ3v) is 4.76. The maximum Gasteiger partial charge on any atom is 0.257 e. The summed E-state index contributed by atoms with van der Waals surface area (Å²) in [5.74, 6) is -0.112. The number of carbonyl (C=O) groups excluding carboxylic acids is 2. The van der Waals surface area contributed by atoms with Crippen molar-refractivity contribution >= 4 is 34.6 Å². The summed E-state index contributed by atoms with van der Waals surface area (Å²) in [6, 6.07) is 16.7. The van der Waals surface area contributed by atoms with Crippen molar-refractivity contribution in [1.29, 1.82) is 0 Å². The number of rotatable bonds is 6. The predicted molar refractivity (Wildman–Crippen MR) is 104 cm³/mol. The van der Waals surface area contributed by atoms with E-state index in [0.717, 1.165) is 22.7 Å². The molecule has 2 aromatic carbocycles. The Morgan fingerprint density at radius 2 is 1.77 bits per heavy atom. The maximum atomic E-state index is 12.2. The van der Waals surface area contributed by atoms with Gasteiger partial charge in [0, 0.05) is 12.1 Å². The highest BCUT2D eigenvalue weighted by Crippen LogP contribution is 2.25. The van der Waals surface area contributed by atoms with Crippen LogP contribution in [0.4, 0.5) is 0 Å². The molecule has 3 rings (SSSR count). The average molecular weight is 367 g/mol. The van der Waals surface area contributed by atoms with Crippen LogP contribution in [0.2, 0.25) is 0 Å². The first-order valence-corrected chi connectivity index (χ1v) is 9.50. The molecule has 2 amide bonds. The number of benzene rings is 2. The molecular weight excluding hydrogens is 346 g/mol. The van der Waals surface area contributed by atoms with E-state index in [0.29, 0.717) is 11.5 Å². The summed E-state index contributed by atoms with van der Waals surface area (Å²) in [7, 11) is 0. The molecule has 1 aromatic heterocycles. The molecule has 6 heteroatoms. The number of aromatic nitrogens is 2. The van der Waals surface area contributed by atoms with Crippen molar-refractivity contribution in [2.24, 2.45) is 5.92 Å². The van der Waals surface area contributed by atoms with E-state index >= 15 is 0 Å². The summed E-state index contributed by atoms with van der Waals surface area (Å²) in [4.78, 5) is 28.9. The molecule has 0 aliphatic heterocycles. The van der Waals surface area contributed by atoms with Crippen LogP contribution < -0.4 is 5.32 Å². The highest BCUT2D eigenvalue weighted by Gasteiger charge is 2.15. The van der Waals surface area contributed by atoms with Gasteiger partial charge in [-0.3, -0.25) is 14.9 Å². The molecule has 0 unspecified atom stereocenters. The van der Waals surface area contributed by atoms with Crippen molar-refractivity contribution in [3.8, 4) is 0 Å². The van der Waals surface area contributed by atoms with Gasteiger partial charge in [0.05, 0.1) is 16.8 Å². The lowest BCUT2D eigenvalue weighted by Gasteiger charge is -2.11. The number of hydrogen-bond donors (Lipinski definition) is 1. The molecule has 1 N–H and O–H groups in total. The molecule has 0 fully saturated rings. The largest absolute Gasteiger partial charge is 0.319 e. The van der Waals surface area contributed by atoms with Crippen LogP contribution in [0.25, 0.3) is 11.0 Å². The minimum absolute atomic E-state index is 0.139. The monoisotopic (exact) mass is 367 g/mol.